The molecule has 182 valence electrons. The van der Waals surface area contributed by atoms with Gasteiger partial charge in [0.05, 0.1) is 19.8 Å². The van der Waals surface area contributed by atoms with Gasteiger partial charge < -0.3 is 23.7 Å². The first kappa shape index (κ1) is 26.0. The number of hydrogen-bond acceptors (Lipinski definition) is 5. The first-order valence-corrected chi connectivity index (χ1v) is 14.4. The number of aliphatic hydroxyl groups excluding tert-OH is 1. The minimum atomic E-state index is -2.10. The van der Waals surface area contributed by atoms with Gasteiger partial charge in [-0.25, -0.2) is 4.39 Å². The molecule has 5 atom stereocenters. The first-order valence-electron chi connectivity index (χ1n) is 11.5. The van der Waals surface area contributed by atoms with Gasteiger partial charge in [-0.05, 0) is 29.3 Å². The summed E-state index contributed by atoms with van der Waals surface area (Å²) < 4.78 is 38.9. The molecule has 2 aromatic carbocycles. The molecule has 1 aliphatic heterocycles. The van der Waals surface area contributed by atoms with Gasteiger partial charge in [0.1, 0.15) is 24.4 Å². The van der Waals surface area contributed by atoms with Crippen molar-refractivity contribution in [1.29, 1.82) is 0 Å². The largest absolute Gasteiger partial charge is 0.414 e. The van der Waals surface area contributed by atoms with Crippen molar-refractivity contribution in [3.63, 3.8) is 0 Å². The molecule has 3 rings (SSSR count). The van der Waals surface area contributed by atoms with Gasteiger partial charge in [0, 0.05) is 0 Å². The molecule has 1 aliphatic rings. The summed E-state index contributed by atoms with van der Waals surface area (Å²) in [5.74, 6) is 0. The molecular formula is C26H37FO5Si. The average Bonchev–Trinajstić information content (AvgIpc) is 2.78. The van der Waals surface area contributed by atoms with Gasteiger partial charge in [-0.15, -0.1) is 0 Å². The zero-order valence-electron chi connectivity index (χ0n) is 20.2. The van der Waals surface area contributed by atoms with Crippen molar-refractivity contribution in [3.8, 4) is 0 Å². The van der Waals surface area contributed by atoms with Crippen LogP contribution in [0.4, 0.5) is 4.39 Å². The Hall–Kier alpha value is -1.61. The molecule has 0 aliphatic carbocycles. The third-order valence-corrected chi connectivity index (χ3v) is 11.1. The van der Waals surface area contributed by atoms with Crippen LogP contribution in [0.15, 0.2) is 60.7 Å². The van der Waals surface area contributed by atoms with E-state index in [1.165, 1.54) is 0 Å². The van der Waals surface area contributed by atoms with Crippen molar-refractivity contribution in [3.05, 3.63) is 71.8 Å². The molecule has 1 saturated heterocycles. The number of hydrogen-bond donors (Lipinski definition) is 1. The lowest BCUT2D eigenvalue weighted by molar-refractivity contribution is -0.284. The van der Waals surface area contributed by atoms with Crippen LogP contribution in [-0.4, -0.2) is 50.8 Å². The molecule has 5 nitrogen and oxygen atoms in total. The lowest BCUT2D eigenvalue weighted by Gasteiger charge is -2.44. The Morgan fingerprint density at radius 1 is 0.879 bits per heavy atom. The minimum absolute atomic E-state index is 0.0000993. The Bertz CT molecular complexity index is 843. The Labute approximate surface area is 198 Å². The van der Waals surface area contributed by atoms with Crippen LogP contribution in [0.5, 0.6) is 0 Å². The van der Waals surface area contributed by atoms with E-state index in [0.29, 0.717) is 6.61 Å². The highest BCUT2D eigenvalue weighted by Gasteiger charge is 2.48. The predicted molar refractivity (Wildman–Crippen MR) is 129 cm³/mol. The molecule has 0 unspecified atom stereocenters. The van der Waals surface area contributed by atoms with Gasteiger partial charge >= 0.3 is 0 Å². The maximum absolute atomic E-state index is 14.7. The molecule has 7 heteroatoms. The zero-order valence-corrected chi connectivity index (χ0v) is 21.2. The summed E-state index contributed by atoms with van der Waals surface area (Å²) in [6.45, 7) is 11.4. The molecule has 0 saturated carbocycles. The number of halogens is 1. The topological polar surface area (TPSA) is 57.2 Å². The summed E-state index contributed by atoms with van der Waals surface area (Å²) in [6, 6.07) is 19.3. The van der Waals surface area contributed by atoms with Gasteiger partial charge in [0.25, 0.3) is 0 Å². The predicted octanol–water partition coefficient (Wildman–Crippen LogP) is 5.23. The summed E-state index contributed by atoms with van der Waals surface area (Å²) in [6.07, 6.45) is -5.64. The van der Waals surface area contributed by atoms with Crippen molar-refractivity contribution in [2.75, 3.05) is 6.61 Å². The second kappa shape index (κ2) is 11.2. The normalized spacial score (nSPS) is 26.3. The highest BCUT2D eigenvalue weighted by atomic mass is 28.4. The van der Waals surface area contributed by atoms with E-state index in [4.69, 9.17) is 18.6 Å². The van der Waals surface area contributed by atoms with E-state index < -0.39 is 39.1 Å². The van der Waals surface area contributed by atoms with Crippen LogP contribution in [0.1, 0.15) is 31.9 Å². The van der Waals surface area contributed by atoms with E-state index in [1.807, 2.05) is 60.7 Å². The SMILES string of the molecule is CC(C)(C)[Si](C)(C)OC[C@H]1O[C@@H](F)[C@H](O)[C@@H](OCc2ccccc2)[C@@H]1OCc1ccccc1. The second-order valence-corrected chi connectivity index (χ2v) is 14.9. The van der Waals surface area contributed by atoms with Crippen molar-refractivity contribution < 1.29 is 28.1 Å². The van der Waals surface area contributed by atoms with E-state index in [-0.39, 0.29) is 18.3 Å². The van der Waals surface area contributed by atoms with E-state index in [9.17, 15) is 9.50 Å². The summed E-state index contributed by atoms with van der Waals surface area (Å²) in [4.78, 5) is 0. The quantitative estimate of drug-likeness (QED) is 0.502. The number of aliphatic hydroxyl groups is 1. The summed E-state index contributed by atoms with van der Waals surface area (Å²) in [5.41, 5.74) is 1.91. The van der Waals surface area contributed by atoms with Crippen molar-refractivity contribution in [2.24, 2.45) is 0 Å². The second-order valence-electron chi connectivity index (χ2n) is 10.1. The number of rotatable bonds is 9. The molecule has 0 amide bonds. The van der Waals surface area contributed by atoms with Crippen LogP contribution < -0.4 is 0 Å². The highest BCUT2D eigenvalue weighted by Crippen LogP contribution is 2.37. The number of ether oxygens (including phenoxy) is 3. The lowest BCUT2D eigenvalue weighted by Crippen LogP contribution is -2.60. The van der Waals surface area contributed by atoms with Crippen LogP contribution in [0.3, 0.4) is 0 Å². The van der Waals surface area contributed by atoms with Crippen LogP contribution in [0, 0.1) is 0 Å². The maximum atomic E-state index is 14.7. The third kappa shape index (κ3) is 6.94. The fourth-order valence-electron chi connectivity index (χ4n) is 3.45. The fourth-order valence-corrected chi connectivity index (χ4v) is 4.46. The van der Waals surface area contributed by atoms with Gasteiger partial charge in [-0.3, -0.25) is 0 Å². The molecule has 0 radical (unpaired) electrons. The van der Waals surface area contributed by atoms with E-state index in [0.717, 1.165) is 11.1 Å². The summed E-state index contributed by atoms with van der Waals surface area (Å²) in [5, 5.41) is 10.6. The molecule has 2 aromatic rings. The molecule has 0 aromatic heterocycles. The van der Waals surface area contributed by atoms with Crippen molar-refractivity contribution in [2.45, 2.75) is 82.9 Å². The van der Waals surface area contributed by atoms with Gasteiger partial charge in [-0.2, -0.15) is 0 Å². The van der Waals surface area contributed by atoms with Crippen LogP contribution in [0.25, 0.3) is 0 Å². The molecule has 0 spiro atoms. The standard InChI is InChI=1S/C26H37FO5Si/c1-26(2,3)33(4,5)31-18-21-23(29-16-19-12-8-6-9-13-19)24(22(28)25(27)32-21)30-17-20-14-10-7-11-15-20/h6-15,21-25,28H,16-18H2,1-5H3/t21-,22-,23-,24-,25-/m1/s1. The third-order valence-electron chi connectivity index (χ3n) is 6.59. The number of alkyl halides is 1. The Balaban J connectivity index is 1.78. The van der Waals surface area contributed by atoms with Crippen molar-refractivity contribution >= 4 is 8.32 Å². The smallest absolute Gasteiger partial charge is 0.228 e. The fraction of sp³-hybridized carbons (Fsp3) is 0.538. The monoisotopic (exact) mass is 476 g/mol. The highest BCUT2D eigenvalue weighted by molar-refractivity contribution is 6.74. The maximum Gasteiger partial charge on any atom is 0.228 e. The van der Waals surface area contributed by atoms with E-state index in [1.54, 1.807) is 0 Å². The molecule has 1 fully saturated rings. The van der Waals surface area contributed by atoms with Gasteiger partial charge in [-0.1, -0.05) is 81.4 Å². The van der Waals surface area contributed by atoms with Crippen LogP contribution >= 0.6 is 0 Å². The summed E-state index contributed by atoms with van der Waals surface area (Å²) >= 11 is 0. The zero-order chi connectivity index (χ0) is 24.1. The minimum Gasteiger partial charge on any atom is -0.414 e. The molecule has 33 heavy (non-hydrogen) atoms. The number of benzene rings is 2. The molecule has 0 bridgehead atoms. The Kier molecular flexibility index (Phi) is 8.83. The van der Waals surface area contributed by atoms with E-state index in [2.05, 4.69) is 33.9 Å². The Morgan fingerprint density at radius 2 is 1.36 bits per heavy atom. The average molecular weight is 477 g/mol. The first-order chi connectivity index (χ1) is 15.6. The molecule has 1 N–H and O–H groups in total. The van der Waals surface area contributed by atoms with Gasteiger partial charge in [0.2, 0.25) is 6.36 Å². The Morgan fingerprint density at radius 3 is 1.85 bits per heavy atom. The lowest BCUT2D eigenvalue weighted by atomic mass is 9.99. The van der Waals surface area contributed by atoms with Crippen LogP contribution in [0.2, 0.25) is 18.1 Å². The van der Waals surface area contributed by atoms with Crippen molar-refractivity contribution in [1.82, 2.24) is 0 Å². The summed E-state index contributed by atoms with van der Waals surface area (Å²) in [7, 11) is -2.10. The molecular weight excluding hydrogens is 439 g/mol. The van der Waals surface area contributed by atoms with Crippen LogP contribution in [-0.2, 0) is 31.9 Å². The van der Waals surface area contributed by atoms with E-state index >= 15 is 0 Å². The molecule has 1 heterocycles. The van der Waals surface area contributed by atoms with Gasteiger partial charge in [0.15, 0.2) is 8.32 Å².